The third-order valence-electron chi connectivity index (χ3n) is 2.54. The largest absolute Gasteiger partial charge is 0.496 e. The van der Waals surface area contributed by atoms with Gasteiger partial charge >= 0.3 is 5.97 Å². The lowest BCUT2D eigenvalue weighted by Gasteiger charge is -2.14. The summed E-state index contributed by atoms with van der Waals surface area (Å²) >= 11 is 0. The quantitative estimate of drug-likeness (QED) is 0.773. The van der Waals surface area contributed by atoms with Gasteiger partial charge < -0.3 is 20.3 Å². The van der Waals surface area contributed by atoms with Gasteiger partial charge in [0.25, 0.3) is 0 Å². The van der Waals surface area contributed by atoms with Crippen molar-refractivity contribution in [1.82, 2.24) is 0 Å². The highest BCUT2D eigenvalue weighted by Gasteiger charge is 2.19. The van der Waals surface area contributed by atoms with Crippen molar-refractivity contribution >= 4 is 5.97 Å². The summed E-state index contributed by atoms with van der Waals surface area (Å²) in [6.45, 7) is 0.433. The van der Waals surface area contributed by atoms with E-state index in [2.05, 4.69) is 0 Å². The standard InChI is InChI=1S/C12H17NO4/c1-16-7-9-5-8(3-4-11(9)17-2)10(6-13)12(14)15/h3-5,10H,6-7,13H2,1-2H3,(H,14,15). The molecule has 0 aliphatic carbocycles. The highest BCUT2D eigenvalue weighted by molar-refractivity contribution is 5.76. The van der Waals surface area contributed by atoms with Crippen LogP contribution < -0.4 is 10.5 Å². The number of rotatable bonds is 6. The van der Waals surface area contributed by atoms with Gasteiger partial charge in [-0.15, -0.1) is 0 Å². The van der Waals surface area contributed by atoms with Crippen LogP contribution in [0.4, 0.5) is 0 Å². The van der Waals surface area contributed by atoms with Crippen LogP contribution in [0.5, 0.6) is 5.75 Å². The van der Waals surface area contributed by atoms with Crippen LogP contribution in [-0.4, -0.2) is 31.8 Å². The second kappa shape index (κ2) is 6.22. The van der Waals surface area contributed by atoms with Crippen LogP contribution in [-0.2, 0) is 16.1 Å². The topological polar surface area (TPSA) is 81.8 Å². The summed E-state index contributed by atoms with van der Waals surface area (Å²) in [7, 11) is 3.13. The molecular formula is C12H17NO4. The smallest absolute Gasteiger partial charge is 0.312 e. The molecule has 0 spiro atoms. The van der Waals surface area contributed by atoms with E-state index in [1.165, 1.54) is 0 Å². The van der Waals surface area contributed by atoms with Gasteiger partial charge in [-0.3, -0.25) is 4.79 Å². The van der Waals surface area contributed by atoms with Crippen LogP contribution in [0, 0.1) is 0 Å². The van der Waals surface area contributed by atoms with Crippen LogP contribution in [0.25, 0.3) is 0 Å². The summed E-state index contributed by atoms with van der Waals surface area (Å²) in [6, 6.07) is 5.20. The number of hydrogen-bond donors (Lipinski definition) is 2. The third kappa shape index (κ3) is 3.18. The summed E-state index contributed by atoms with van der Waals surface area (Å²) in [5, 5.41) is 9.03. The Bertz CT molecular complexity index is 392. The lowest BCUT2D eigenvalue weighted by atomic mass is 9.97. The van der Waals surface area contributed by atoms with Crippen LogP contribution in [0.2, 0.25) is 0 Å². The molecule has 0 bridgehead atoms. The first-order valence-electron chi connectivity index (χ1n) is 5.22. The molecule has 94 valence electrons. The van der Waals surface area contributed by atoms with Crippen molar-refractivity contribution in [2.75, 3.05) is 20.8 Å². The molecule has 0 radical (unpaired) electrons. The minimum Gasteiger partial charge on any atom is -0.496 e. The van der Waals surface area contributed by atoms with Gasteiger partial charge in [0.1, 0.15) is 5.75 Å². The molecule has 1 atom stereocenters. The number of benzene rings is 1. The molecule has 0 aromatic heterocycles. The highest BCUT2D eigenvalue weighted by Crippen LogP contribution is 2.24. The second-order valence-electron chi connectivity index (χ2n) is 3.63. The van der Waals surface area contributed by atoms with Gasteiger partial charge in [-0.25, -0.2) is 0 Å². The normalized spacial score (nSPS) is 12.2. The third-order valence-corrected chi connectivity index (χ3v) is 2.54. The van der Waals surface area contributed by atoms with E-state index >= 15 is 0 Å². The van der Waals surface area contributed by atoms with Crippen LogP contribution >= 0.6 is 0 Å². The van der Waals surface area contributed by atoms with Gasteiger partial charge in [-0.2, -0.15) is 0 Å². The molecule has 3 N–H and O–H groups in total. The van der Waals surface area contributed by atoms with Gasteiger partial charge in [0.05, 0.1) is 19.6 Å². The fourth-order valence-corrected chi connectivity index (χ4v) is 1.66. The van der Waals surface area contributed by atoms with Crippen LogP contribution in [0.15, 0.2) is 18.2 Å². The van der Waals surface area contributed by atoms with E-state index in [9.17, 15) is 4.79 Å². The number of carbonyl (C=O) groups is 1. The van der Waals surface area contributed by atoms with E-state index in [1.807, 2.05) is 0 Å². The number of carboxylic acid groups (broad SMARTS) is 1. The molecule has 1 aromatic carbocycles. The van der Waals surface area contributed by atoms with E-state index in [0.717, 1.165) is 5.56 Å². The fourth-order valence-electron chi connectivity index (χ4n) is 1.66. The molecule has 0 fully saturated rings. The van der Waals surface area contributed by atoms with E-state index in [-0.39, 0.29) is 6.54 Å². The maximum absolute atomic E-state index is 11.0. The molecule has 17 heavy (non-hydrogen) atoms. The maximum atomic E-state index is 11.0. The van der Waals surface area contributed by atoms with Crippen LogP contribution in [0.3, 0.4) is 0 Å². The molecule has 5 nitrogen and oxygen atoms in total. The van der Waals surface area contributed by atoms with Crippen molar-refractivity contribution in [3.63, 3.8) is 0 Å². The van der Waals surface area contributed by atoms with Crippen molar-refractivity contribution in [2.24, 2.45) is 5.73 Å². The molecular weight excluding hydrogens is 222 g/mol. The van der Waals surface area contributed by atoms with Gasteiger partial charge in [-0.05, 0) is 17.7 Å². The molecule has 5 heteroatoms. The van der Waals surface area contributed by atoms with Gasteiger partial charge in [0.2, 0.25) is 0 Å². The number of nitrogens with two attached hydrogens (primary N) is 1. The number of hydrogen-bond acceptors (Lipinski definition) is 4. The van der Waals surface area contributed by atoms with E-state index in [4.69, 9.17) is 20.3 Å². The zero-order valence-corrected chi connectivity index (χ0v) is 9.97. The predicted molar refractivity (Wildman–Crippen MR) is 63.1 cm³/mol. The molecule has 0 saturated carbocycles. The molecule has 1 aromatic rings. The van der Waals surface area contributed by atoms with E-state index < -0.39 is 11.9 Å². The Morgan fingerprint density at radius 2 is 2.18 bits per heavy atom. The van der Waals surface area contributed by atoms with E-state index in [0.29, 0.717) is 17.9 Å². The molecule has 0 heterocycles. The summed E-state index contributed by atoms with van der Waals surface area (Å²) in [5.74, 6) is -0.950. The molecule has 0 aliphatic heterocycles. The second-order valence-corrected chi connectivity index (χ2v) is 3.63. The number of ether oxygens (including phenoxy) is 2. The van der Waals surface area contributed by atoms with Crippen molar-refractivity contribution in [2.45, 2.75) is 12.5 Å². The molecule has 1 unspecified atom stereocenters. The first-order valence-corrected chi connectivity index (χ1v) is 5.22. The van der Waals surface area contributed by atoms with E-state index in [1.54, 1.807) is 32.4 Å². The highest BCUT2D eigenvalue weighted by atomic mass is 16.5. The maximum Gasteiger partial charge on any atom is 0.312 e. The molecule has 0 saturated heterocycles. The Morgan fingerprint density at radius 1 is 1.47 bits per heavy atom. The SMILES string of the molecule is COCc1cc(C(CN)C(=O)O)ccc1OC. The Kier molecular flexibility index (Phi) is 4.93. The molecule has 1 rings (SSSR count). The van der Waals surface area contributed by atoms with Crippen molar-refractivity contribution in [3.8, 4) is 5.75 Å². The Morgan fingerprint density at radius 3 is 2.65 bits per heavy atom. The number of aliphatic carboxylic acids is 1. The first-order chi connectivity index (χ1) is 8.13. The Balaban J connectivity index is 3.09. The van der Waals surface area contributed by atoms with Crippen LogP contribution in [0.1, 0.15) is 17.0 Å². The van der Waals surface area contributed by atoms with Crippen molar-refractivity contribution < 1.29 is 19.4 Å². The van der Waals surface area contributed by atoms with Crippen molar-refractivity contribution in [1.29, 1.82) is 0 Å². The average Bonchev–Trinajstić information content (AvgIpc) is 2.30. The average molecular weight is 239 g/mol. The molecule has 0 aliphatic rings. The lowest BCUT2D eigenvalue weighted by Crippen LogP contribution is -2.21. The Hall–Kier alpha value is -1.59. The Labute approximate surface area is 100 Å². The lowest BCUT2D eigenvalue weighted by molar-refractivity contribution is -0.138. The summed E-state index contributed by atoms with van der Waals surface area (Å²) in [6.07, 6.45) is 0. The zero-order valence-electron chi connectivity index (χ0n) is 9.97. The monoisotopic (exact) mass is 239 g/mol. The van der Waals surface area contributed by atoms with Gasteiger partial charge in [-0.1, -0.05) is 6.07 Å². The minimum atomic E-state index is -0.930. The minimum absolute atomic E-state index is 0.0636. The number of carboxylic acids is 1. The molecule has 0 amide bonds. The van der Waals surface area contributed by atoms with Crippen molar-refractivity contribution in [3.05, 3.63) is 29.3 Å². The van der Waals surface area contributed by atoms with Gasteiger partial charge in [0.15, 0.2) is 0 Å². The summed E-state index contributed by atoms with van der Waals surface area (Å²) in [4.78, 5) is 11.0. The zero-order chi connectivity index (χ0) is 12.8. The first kappa shape index (κ1) is 13.5. The predicted octanol–water partition coefficient (Wildman–Crippen LogP) is 0.969. The van der Waals surface area contributed by atoms with Gasteiger partial charge in [0, 0.05) is 19.2 Å². The number of methoxy groups -OCH3 is 2. The summed E-state index contributed by atoms with van der Waals surface area (Å²) in [5.41, 5.74) is 6.93. The fraction of sp³-hybridized carbons (Fsp3) is 0.417. The summed E-state index contributed by atoms with van der Waals surface area (Å²) < 4.78 is 10.2.